The molecule has 0 heterocycles. The Kier molecular flexibility index (Phi) is 4.10. The van der Waals surface area contributed by atoms with Crippen molar-refractivity contribution >= 4 is 35.1 Å². The van der Waals surface area contributed by atoms with Crippen molar-refractivity contribution in [2.45, 2.75) is 19.6 Å². The second-order valence-electron chi connectivity index (χ2n) is 3.18. The third-order valence-electron chi connectivity index (χ3n) is 0.847. The third kappa shape index (κ3) is 6.20. The van der Waals surface area contributed by atoms with Crippen molar-refractivity contribution in [3.8, 4) is 0 Å². The number of carbonyl (C=O) groups excluding carboxylic acids is 1. The molecule has 0 saturated heterocycles. The Morgan fingerprint density at radius 3 is 2.40 bits per heavy atom. The molecule has 0 spiro atoms. The van der Waals surface area contributed by atoms with Crippen LogP contribution in [0.2, 0.25) is 19.6 Å². The van der Waals surface area contributed by atoms with Gasteiger partial charge in [-0.25, -0.2) is 0 Å². The maximum atomic E-state index is 10.0. The number of hydrogen-bond acceptors (Lipinski definition) is 2. The summed E-state index contributed by atoms with van der Waals surface area (Å²) in [6.07, 6.45) is 1.84. The fraction of sp³-hybridized carbons (Fsp3) is 0.750. The minimum Gasteiger partial charge on any atom is -0.445 e. The Morgan fingerprint density at radius 1 is 1.60 bits per heavy atom. The maximum absolute atomic E-state index is 10.0. The van der Waals surface area contributed by atoms with Gasteiger partial charge in [0.05, 0.1) is 0 Å². The van der Waals surface area contributed by atoms with Crippen LogP contribution in [0.1, 0.15) is 0 Å². The van der Waals surface area contributed by atoms with E-state index in [2.05, 4.69) is 19.6 Å². The summed E-state index contributed by atoms with van der Waals surface area (Å²) in [7, 11) is -1.36. The van der Waals surface area contributed by atoms with Gasteiger partial charge in [-0.15, -0.1) is 0 Å². The van der Waals surface area contributed by atoms with Gasteiger partial charge in [-0.05, 0) is 19.6 Å². The number of hydrogen-bond donors (Lipinski definition) is 0. The van der Waals surface area contributed by atoms with E-state index in [0.29, 0.717) is 0 Å². The molecule has 0 rings (SSSR count). The first-order valence-electron chi connectivity index (χ1n) is 3.18. The van der Waals surface area contributed by atoms with E-state index in [1.165, 1.54) is 0 Å². The highest BCUT2D eigenvalue weighted by molar-refractivity contribution is 6.74. The fourth-order valence-corrected chi connectivity index (χ4v) is 3.86. The highest BCUT2D eigenvalue weighted by atomic mass is 28.4. The van der Waals surface area contributed by atoms with Crippen LogP contribution in [-0.2, 0) is 8.91 Å². The summed E-state index contributed by atoms with van der Waals surface area (Å²) in [6, 6.07) is 0. The minimum atomic E-state index is -1.37. The number of amides is 1. The summed E-state index contributed by atoms with van der Waals surface area (Å²) < 4.78 is 7.20. The molecule has 0 bridgehead atoms. The molecule has 0 aliphatic heterocycles. The summed E-state index contributed by atoms with van der Waals surface area (Å²) in [5.74, 6) is 0. The first-order chi connectivity index (χ1) is 4.45. The first kappa shape index (κ1) is 10.1. The molecular weight excluding hydrogens is 178 g/mol. The molecule has 0 unspecified atom stereocenters. The van der Waals surface area contributed by atoms with Gasteiger partial charge in [0.15, 0.2) is 8.32 Å². The van der Waals surface area contributed by atoms with Crippen LogP contribution in [0.15, 0.2) is 0 Å². The molecular formula is C4H14NO2Si3. The van der Waals surface area contributed by atoms with Gasteiger partial charge >= 0.3 is 0 Å². The average molecular weight is 192 g/mol. The molecule has 0 aromatic heterocycles. The molecule has 59 valence electrons. The van der Waals surface area contributed by atoms with Gasteiger partial charge in [-0.3, -0.25) is 4.79 Å². The summed E-state index contributed by atoms with van der Waals surface area (Å²) in [5, 5.41) is 0. The van der Waals surface area contributed by atoms with Gasteiger partial charge in [0.2, 0.25) is 0 Å². The monoisotopic (exact) mass is 192 g/mol. The summed E-state index contributed by atoms with van der Waals surface area (Å²) in [4.78, 5) is 10.0. The highest BCUT2D eigenvalue weighted by Gasteiger charge is 2.13. The molecule has 0 aromatic carbocycles. The third-order valence-corrected chi connectivity index (χ3v) is 6.30. The second kappa shape index (κ2) is 4.06. The average Bonchev–Trinajstić information content (AvgIpc) is 1.81. The molecule has 0 fully saturated rings. The lowest BCUT2D eigenvalue weighted by Crippen LogP contribution is -2.35. The fourth-order valence-electron chi connectivity index (χ4n) is 0.317. The summed E-state index contributed by atoms with van der Waals surface area (Å²) in [6.45, 7) is 6.38. The molecule has 0 aliphatic rings. The van der Waals surface area contributed by atoms with Crippen LogP contribution in [-0.4, -0.2) is 39.3 Å². The highest BCUT2D eigenvalue weighted by Crippen LogP contribution is 2.00. The molecule has 6 heteroatoms. The Balaban J connectivity index is 3.45. The molecule has 0 N–H and O–H groups in total. The second-order valence-corrected chi connectivity index (χ2v) is 12.1. The van der Waals surface area contributed by atoms with Gasteiger partial charge in [0, 0.05) is 0 Å². The van der Waals surface area contributed by atoms with E-state index in [1.807, 2.05) is 6.41 Å². The zero-order valence-corrected chi connectivity index (χ0v) is 11.4. The lowest BCUT2D eigenvalue weighted by atomic mass is 11.5. The standard InChI is InChI=1S/C4H14NO2Si3/c1-10(2,3)7-9-5(8)4-6/h9H2,1-3,8H3. The van der Waals surface area contributed by atoms with Gasteiger partial charge in [0.25, 0.3) is 16.3 Å². The van der Waals surface area contributed by atoms with Gasteiger partial charge in [-0.1, -0.05) is 0 Å². The van der Waals surface area contributed by atoms with Gasteiger partial charge in [-0.2, -0.15) is 0 Å². The van der Waals surface area contributed by atoms with E-state index >= 15 is 0 Å². The Bertz CT molecular complexity index is 114. The Hall–Kier alpha value is 0.0806. The largest absolute Gasteiger partial charge is 0.445 e. The van der Waals surface area contributed by atoms with E-state index in [4.69, 9.17) is 4.12 Å². The number of rotatable bonds is 4. The van der Waals surface area contributed by atoms with E-state index in [0.717, 1.165) is 10.4 Å². The number of nitrogens with zero attached hydrogens (tertiary/aromatic N) is 1. The molecule has 0 aliphatic carbocycles. The zero-order valence-electron chi connectivity index (χ0n) is 6.97. The molecule has 1 amide bonds. The minimum absolute atomic E-state index is 0.735. The lowest BCUT2D eigenvalue weighted by Gasteiger charge is -2.20. The van der Waals surface area contributed by atoms with Crippen molar-refractivity contribution < 1.29 is 8.91 Å². The van der Waals surface area contributed by atoms with Crippen molar-refractivity contribution in [2.24, 2.45) is 0 Å². The van der Waals surface area contributed by atoms with Crippen LogP contribution >= 0.6 is 0 Å². The van der Waals surface area contributed by atoms with E-state index in [1.54, 1.807) is 4.23 Å². The first-order valence-corrected chi connectivity index (χ1v) is 8.70. The van der Waals surface area contributed by atoms with E-state index in [-0.39, 0.29) is 0 Å². The molecule has 0 aromatic rings. The molecule has 0 saturated carbocycles. The molecule has 3 nitrogen and oxygen atoms in total. The normalized spacial score (nSPS) is 12.7. The summed E-state index contributed by atoms with van der Waals surface area (Å²) in [5.41, 5.74) is 0. The van der Waals surface area contributed by atoms with Gasteiger partial charge in [0.1, 0.15) is 10.4 Å². The predicted octanol–water partition coefficient (Wildman–Crippen LogP) is -1.51. The molecule has 0 atom stereocenters. The van der Waals surface area contributed by atoms with Crippen LogP contribution in [0.25, 0.3) is 0 Å². The van der Waals surface area contributed by atoms with Crippen molar-refractivity contribution in [1.82, 2.24) is 4.23 Å². The van der Waals surface area contributed by atoms with Gasteiger partial charge < -0.3 is 8.35 Å². The predicted molar refractivity (Wildman–Crippen MR) is 50.4 cm³/mol. The van der Waals surface area contributed by atoms with Crippen molar-refractivity contribution in [3.05, 3.63) is 0 Å². The van der Waals surface area contributed by atoms with Crippen LogP contribution in [0, 0.1) is 0 Å². The van der Waals surface area contributed by atoms with Crippen molar-refractivity contribution in [3.63, 3.8) is 0 Å². The van der Waals surface area contributed by atoms with Crippen LogP contribution in [0.3, 0.4) is 0 Å². The van der Waals surface area contributed by atoms with Crippen molar-refractivity contribution in [1.29, 1.82) is 0 Å². The zero-order chi connectivity index (χ0) is 8.20. The SMILES string of the molecule is C[Si](C)(C)O[SiH2]N([SiH3])[C]=O. The smallest absolute Gasteiger partial charge is 0.295 e. The topological polar surface area (TPSA) is 29.5 Å². The quantitative estimate of drug-likeness (QED) is 0.400. The maximum Gasteiger partial charge on any atom is 0.295 e. The van der Waals surface area contributed by atoms with E-state index < -0.39 is 18.2 Å². The Morgan fingerprint density at radius 2 is 2.10 bits per heavy atom. The molecule has 10 heavy (non-hydrogen) atoms. The van der Waals surface area contributed by atoms with Crippen LogP contribution in [0.5, 0.6) is 0 Å². The lowest BCUT2D eigenvalue weighted by molar-refractivity contribution is 0.517. The summed E-state index contributed by atoms with van der Waals surface area (Å²) >= 11 is 0. The Labute approximate surface area is 68.4 Å². The molecule has 1 radical (unpaired) electrons. The van der Waals surface area contributed by atoms with Crippen LogP contribution < -0.4 is 0 Å². The van der Waals surface area contributed by atoms with E-state index in [9.17, 15) is 4.79 Å². The van der Waals surface area contributed by atoms with Crippen molar-refractivity contribution in [2.75, 3.05) is 0 Å². The van der Waals surface area contributed by atoms with Crippen LogP contribution in [0.4, 0.5) is 0 Å².